The van der Waals surface area contributed by atoms with Crippen molar-refractivity contribution in [1.29, 1.82) is 0 Å². The van der Waals surface area contributed by atoms with Crippen LogP contribution in [0.5, 0.6) is 0 Å². The molecular formula is C9H10ClNO4S. The highest BCUT2D eigenvalue weighted by atomic mass is 35.5. The lowest BCUT2D eigenvalue weighted by Gasteiger charge is -2.08. The van der Waals surface area contributed by atoms with Gasteiger partial charge in [0.25, 0.3) is 0 Å². The van der Waals surface area contributed by atoms with Crippen molar-refractivity contribution in [2.45, 2.75) is 4.90 Å². The number of methoxy groups -OCH3 is 1. The van der Waals surface area contributed by atoms with E-state index < -0.39 is 15.8 Å². The summed E-state index contributed by atoms with van der Waals surface area (Å²) in [6.45, 7) is 0. The Labute approximate surface area is 98.1 Å². The van der Waals surface area contributed by atoms with Crippen LogP contribution >= 0.6 is 11.6 Å². The second-order valence-corrected chi connectivity index (χ2v) is 5.55. The van der Waals surface area contributed by atoms with Gasteiger partial charge in [0.1, 0.15) is 0 Å². The van der Waals surface area contributed by atoms with Crippen molar-refractivity contribution in [3.05, 3.63) is 22.7 Å². The molecule has 1 aromatic carbocycles. The minimum Gasteiger partial charge on any atom is -0.465 e. The zero-order chi connectivity index (χ0) is 12.5. The Morgan fingerprint density at radius 2 is 2.00 bits per heavy atom. The lowest BCUT2D eigenvalue weighted by Crippen LogP contribution is -2.08. The van der Waals surface area contributed by atoms with Gasteiger partial charge in [0.2, 0.25) is 0 Å². The molecule has 0 aliphatic heterocycles. The number of hydrogen-bond donors (Lipinski definition) is 1. The Balaban J connectivity index is 3.51. The van der Waals surface area contributed by atoms with Crippen molar-refractivity contribution in [2.24, 2.45) is 0 Å². The molecule has 88 valence electrons. The van der Waals surface area contributed by atoms with Crippen molar-refractivity contribution < 1.29 is 17.9 Å². The number of nitrogens with two attached hydrogens (primary N) is 1. The van der Waals surface area contributed by atoms with Gasteiger partial charge in [-0.3, -0.25) is 0 Å². The van der Waals surface area contributed by atoms with E-state index >= 15 is 0 Å². The van der Waals surface area contributed by atoms with Crippen LogP contribution in [0.2, 0.25) is 5.02 Å². The number of halogens is 1. The lowest BCUT2D eigenvalue weighted by atomic mass is 10.2. The van der Waals surface area contributed by atoms with Crippen LogP contribution in [0, 0.1) is 0 Å². The number of esters is 1. The summed E-state index contributed by atoms with van der Waals surface area (Å²) >= 11 is 5.73. The SMILES string of the molecule is COC(=O)c1cc(S(C)(=O)=O)cc(Cl)c1N. The van der Waals surface area contributed by atoms with Crippen LogP contribution < -0.4 is 5.73 Å². The molecule has 0 bridgehead atoms. The van der Waals surface area contributed by atoms with Crippen molar-refractivity contribution in [1.82, 2.24) is 0 Å². The summed E-state index contributed by atoms with van der Waals surface area (Å²) in [6, 6.07) is 2.33. The van der Waals surface area contributed by atoms with E-state index in [1.165, 1.54) is 13.2 Å². The van der Waals surface area contributed by atoms with Crippen molar-refractivity contribution in [2.75, 3.05) is 19.1 Å². The first-order chi connectivity index (χ1) is 7.27. The fraction of sp³-hybridized carbons (Fsp3) is 0.222. The first-order valence-electron chi connectivity index (χ1n) is 4.14. The maximum absolute atomic E-state index is 11.3. The van der Waals surface area contributed by atoms with Crippen LogP contribution in [0.4, 0.5) is 5.69 Å². The molecule has 1 aromatic rings. The molecule has 0 unspecified atom stereocenters. The van der Waals surface area contributed by atoms with Crippen LogP contribution in [0.15, 0.2) is 17.0 Å². The standard InChI is InChI=1S/C9H10ClNO4S/c1-15-9(12)6-3-5(16(2,13)14)4-7(10)8(6)11/h3-4H,11H2,1-2H3. The van der Waals surface area contributed by atoms with E-state index in [2.05, 4.69) is 4.74 Å². The monoisotopic (exact) mass is 263 g/mol. The average Bonchev–Trinajstić information content (AvgIpc) is 2.19. The summed E-state index contributed by atoms with van der Waals surface area (Å²) in [5.41, 5.74) is 5.48. The van der Waals surface area contributed by atoms with Gasteiger partial charge in [0.05, 0.1) is 28.3 Å². The number of carbonyl (C=O) groups excluding carboxylic acids is 1. The molecule has 0 fully saturated rings. The molecule has 0 radical (unpaired) electrons. The minimum absolute atomic E-state index is 0.000849. The van der Waals surface area contributed by atoms with Gasteiger partial charge in [-0.2, -0.15) is 0 Å². The van der Waals surface area contributed by atoms with Crippen molar-refractivity contribution in [3.8, 4) is 0 Å². The highest BCUT2D eigenvalue weighted by Gasteiger charge is 2.18. The Morgan fingerprint density at radius 3 is 2.44 bits per heavy atom. The molecule has 0 aliphatic rings. The third-order valence-electron chi connectivity index (χ3n) is 1.94. The van der Waals surface area contributed by atoms with Gasteiger partial charge in [0.15, 0.2) is 9.84 Å². The summed E-state index contributed by atoms with van der Waals surface area (Å²) < 4.78 is 27.1. The summed E-state index contributed by atoms with van der Waals surface area (Å²) in [7, 11) is -2.28. The van der Waals surface area contributed by atoms with E-state index in [1.807, 2.05) is 0 Å². The molecule has 7 heteroatoms. The topological polar surface area (TPSA) is 86.5 Å². The predicted octanol–water partition coefficient (Wildman–Crippen LogP) is 1.11. The Bertz CT molecular complexity index is 539. The van der Waals surface area contributed by atoms with E-state index in [0.717, 1.165) is 12.3 Å². The zero-order valence-corrected chi connectivity index (χ0v) is 10.2. The fourth-order valence-electron chi connectivity index (χ4n) is 1.09. The number of sulfone groups is 1. The van der Waals surface area contributed by atoms with E-state index in [4.69, 9.17) is 17.3 Å². The van der Waals surface area contributed by atoms with Gasteiger partial charge in [-0.15, -0.1) is 0 Å². The molecular weight excluding hydrogens is 254 g/mol. The maximum atomic E-state index is 11.3. The zero-order valence-electron chi connectivity index (χ0n) is 8.65. The van der Waals surface area contributed by atoms with Crippen molar-refractivity contribution >= 4 is 33.1 Å². The second-order valence-electron chi connectivity index (χ2n) is 3.13. The van der Waals surface area contributed by atoms with E-state index in [-0.39, 0.29) is 21.2 Å². The third-order valence-corrected chi connectivity index (χ3v) is 3.34. The van der Waals surface area contributed by atoms with Gasteiger partial charge in [0, 0.05) is 6.26 Å². The fourth-order valence-corrected chi connectivity index (χ4v) is 2.03. The first-order valence-corrected chi connectivity index (χ1v) is 6.41. The number of carbonyl (C=O) groups is 1. The second kappa shape index (κ2) is 4.31. The van der Waals surface area contributed by atoms with Crippen molar-refractivity contribution in [3.63, 3.8) is 0 Å². The molecule has 0 aliphatic carbocycles. The molecule has 0 aromatic heterocycles. The normalized spacial score (nSPS) is 11.2. The average molecular weight is 264 g/mol. The van der Waals surface area contributed by atoms with Crippen LogP contribution in [0.25, 0.3) is 0 Å². The highest BCUT2D eigenvalue weighted by molar-refractivity contribution is 7.90. The van der Waals surface area contributed by atoms with E-state index in [1.54, 1.807) is 0 Å². The minimum atomic E-state index is -3.45. The Morgan fingerprint density at radius 1 is 1.44 bits per heavy atom. The highest BCUT2D eigenvalue weighted by Crippen LogP contribution is 2.27. The lowest BCUT2D eigenvalue weighted by molar-refractivity contribution is 0.0601. The maximum Gasteiger partial charge on any atom is 0.340 e. The number of benzene rings is 1. The van der Waals surface area contributed by atoms with Gasteiger partial charge in [-0.05, 0) is 12.1 Å². The van der Waals surface area contributed by atoms with Gasteiger partial charge < -0.3 is 10.5 Å². The summed E-state index contributed by atoms with van der Waals surface area (Å²) in [5, 5.41) is 0.00308. The van der Waals surface area contributed by atoms with E-state index in [0.29, 0.717) is 0 Å². The molecule has 5 nitrogen and oxygen atoms in total. The molecule has 2 N–H and O–H groups in total. The molecule has 16 heavy (non-hydrogen) atoms. The van der Waals surface area contributed by atoms with Crippen LogP contribution in [-0.4, -0.2) is 27.8 Å². The third kappa shape index (κ3) is 2.45. The van der Waals surface area contributed by atoms with E-state index in [9.17, 15) is 13.2 Å². The molecule has 1 rings (SSSR count). The molecule has 0 saturated carbocycles. The van der Waals surface area contributed by atoms with Gasteiger partial charge in [-0.1, -0.05) is 11.6 Å². The number of anilines is 1. The number of rotatable bonds is 2. The van der Waals surface area contributed by atoms with Crippen LogP contribution in [-0.2, 0) is 14.6 Å². The first kappa shape index (κ1) is 12.8. The van der Waals surface area contributed by atoms with Gasteiger partial charge >= 0.3 is 5.97 Å². The number of ether oxygens (including phenoxy) is 1. The molecule has 0 saturated heterocycles. The summed E-state index contributed by atoms with van der Waals surface area (Å²) in [6.07, 6.45) is 1.01. The largest absolute Gasteiger partial charge is 0.465 e. The molecule has 0 atom stereocenters. The Kier molecular flexibility index (Phi) is 3.44. The quantitative estimate of drug-likeness (QED) is 0.638. The molecule has 0 amide bonds. The van der Waals surface area contributed by atoms with Crippen LogP contribution in [0.3, 0.4) is 0 Å². The summed E-state index contributed by atoms with van der Waals surface area (Å²) in [5.74, 6) is -0.732. The van der Waals surface area contributed by atoms with Gasteiger partial charge in [-0.25, -0.2) is 13.2 Å². The number of hydrogen-bond acceptors (Lipinski definition) is 5. The molecule has 0 heterocycles. The smallest absolute Gasteiger partial charge is 0.340 e. The Hall–Kier alpha value is -1.27. The summed E-state index contributed by atoms with van der Waals surface area (Å²) in [4.78, 5) is 11.2. The predicted molar refractivity (Wildman–Crippen MR) is 60.3 cm³/mol. The number of nitrogen functional groups attached to an aromatic ring is 1. The van der Waals surface area contributed by atoms with Crippen LogP contribution in [0.1, 0.15) is 10.4 Å². The molecule has 0 spiro atoms.